The van der Waals surface area contributed by atoms with Crippen LogP contribution in [0.3, 0.4) is 0 Å². The highest BCUT2D eigenvalue weighted by molar-refractivity contribution is 7.92. The molecule has 160 valence electrons. The van der Waals surface area contributed by atoms with Crippen LogP contribution in [-0.2, 0) is 14.8 Å². The van der Waals surface area contributed by atoms with Crippen molar-refractivity contribution in [3.63, 3.8) is 0 Å². The van der Waals surface area contributed by atoms with E-state index in [0.717, 1.165) is 25.6 Å². The number of benzene rings is 1. The highest BCUT2D eigenvalue weighted by Crippen LogP contribution is 2.24. The first-order valence-corrected chi connectivity index (χ1v) is 12.4. The summed E-state index contributed by atoms with van der Waals surface area (Å²) in [5, 5.41) is 3.10. The normalized spacial score (nSPS) is 20.9. The summed E-state index contributed by atoms with van der Waals surface area (Å²) < 4.78 is 25.2. The van der Waals surface area contributed by atoms with Gasteiger partial charge in [-0.3, -0.25) is 14.3 Å². The molecule has 8 heteroatoms. The Bertz CT molecular complexity index is 834. The molecule has 2 N–H and O–H groups in total. The van der Waals surface area contributed by atoms with Crippen molar-refractivity contribution < 1.29 is 18.0 Å². The molecule has 1 saturated heterocycles. The number of anilines is 1. The Labute approximate surface area is 173 Å². The van der Waals surface area contributed by atoms with Gasteiger partial charge in [0.05, 0.1) is 12.2 Å². The van der Waals surface area contributed by atoms with Crippen LogP contribution in [0.2, 0.25) is 0 Å². The molecule has 0 unspecified atom stereocenters. The van der Waals surface area contributed by atoms with Crippen molar-refractivity contribution >= 4 is 27.5 Å². The summed E-state index contributed by atoms with van der Waals surface area (Å²) in [4.78, 5) is 27.2. The van der Waals surface area contributed by atoms with E-state index in [1.54, 1.807) is 23.1 Å². The van der Waals surface area contributed by atoms with Crippen molar-refractivity contribution in [3.05, 3.63) is 29.8 Å². The van der Waals surface area contributed by atoms with Crippen molar-refractivity contribution in [1.29, 1.82) is 0 Å². The number of nitrogens with zero attached hydrogens (tertiary/aromatic N) is 1. The molecule has 1 atom stereocenters. The average molecular weight is 422 g/mol. The Hall–Kier alpha value is -2.09. The van der Waals surface area contributed by atoms with Gasteiger partial charge < -0.3 is 10.2 Å². The van der Waals surface area contributed by atoms with Gasteiger partial charge in [-0.25, -0.2) is 8.42 Å². The third kappa shape index (κ3) is 6.45. The SMILES string of the molecule is CS(=O)(=O)Nc1cccc(C(=O)N2CCC[C@H](C(=O)NCC3CCCCC3)C2)c1. The lowest BCUT2D eigenvalue weighted by molar-refractivity contribution is -0.126. The number of carbonyl (C=O) groups is 2. The van der Waals surface area contributed by atoms with Crippen molar-refractivity contribution in [2.24, 2.45) is 11.8 Å². The molecule has 0 bridgehead atoms. The molecule has 7 nitrogen and oxygen atoms in total. The molecular formula is C21H31N3O4S. The number of likely N-dealkylation sites (tertiary alicyclic amines) is 1. The number of hydrogen-bond donors (Lipinski definition) is 2. The zero-order valence-electron chi connectivity index (χ0n) is 17.0. The van der Waals surface area contributed by atoms with E-state index in [4.69, 9.17) is 0 Å². The Balaban J connectivity index is 1.57. The summed E-state index contributed by atoms with van der Waals surface area (Å²) in [6, 6.07) is 6.47. The molecule has 1 aliphatic carbocycles. The van der Waals surface area contributed by atoms with Crippen LogP contribution in [0, 0.1) is 11.8 Å². The van der Waals surface area contributed by atoms with Crippen LogP contribution in [0.15, 0.2) is 24.3 Å². The fourth-order valence-electron chi connectivity index (χ4n) is 4.27. The number of hydrogen-bond acceptors (Lipinski definition) is 4. The topological polar surface area (TPSA) is 95.6 Å². The maximum Gasteiger partial charge on any atom is 0.253 e. The zero-order chi connectivity index (χ0) is 20.9. The van der Waals surface area contributed by atoms with Crippen LogP contribution in [-0.4, -0.2) is 51.0 Å². The molecule has 29 heavy (non-hydrogen) atoms. The van der Waals surface area contributed by atoms with E-state index < -0.39 is 10.0 Å². The lowest BCUT2D eigenvalue weighted by Gasteiger charge is -2.32. The van der Waals surface area contributed by atoms with Gasteiger partial charge in [-0.15, -0.1) is 0 Å². The van der Waals surface area contributed by atoms with Gasteiger partial charge in [0.15, 0.2) is 0 Å². The van der Waals surface area contributed by atoms with E-state index in [0.29, 0.717) is 30.3 Å². The van der Waals surface area contributed by atoms with Gasteiger partial charge in [0, 0.05) is 30.9 Å². The highest BCUT2D eigenvalue weighted by Gasteiger charge is 2.29. The second kappa shape index (κ2) is 9.61. The molecule has 1 heterocycles. The van der Waals surface area contributed by atoms with Crippen molar-refractivity contribution in [2.45, 2.75) is 44.9 Å². The van der Waals surface area contributed by atoms with Gasteiger partial charge in [-0.2, -0.15) is 0 Å². The molecule has 1 aromatic carbocycles. The molecule has 2 aliphatic rings. The van der Waals surface area contributed by atoms with E-state index >= 15 is 0 Å². The predicted molar refractivity (Wildman–Crippen MR) is 113 cm³/mol. The first-order chi connectivity index (χ1) is 13.8. The second-order valence-corrected chi connectivity index (χ2v) is 10.0. The largest absolute Gasteiger partial charge is 0.356 e. The molecule has 2 amide bonds. The molecular weight excluding hydrogens is 390 g/mol. The van der Waals surface area contributed by atoms with E-state index in [-0.39, 0.29) is 17.7 Å². The van der Waals surface area contributed by atoms with Crippen LogP contribution in [0.25, 0.3) is 0 Å². The second-order valence-electron chi connectivity index (χ2n) is 8.29. The van der Waals surface area contributed by atoms with Gasteiger partial charge in [0.2, 0.25) is 15.9 Å². The number of piperidine rings is 1. The number of amides is 2. The fourth-order valence-corrected chi connectivity index (χ4v) is 4.82. The number of carbonyl (C=O) groups excluding carboxylic acids is 2. The standard InChI is InChI=1S/C21H31N3O4S/c1-29(27,28)23-19-11-5-9-17(13-19)21(26)24-12-6-10-18(15-24)20(25)22-14-16-7-3-2-4-8-16/h5,9,11,13,16,18,23H,2-4,6-8,10,12,14-15H2,1H3,(H,22,25)/t18-/m0/s1. The molecule has 0 radical (unpaired) electrons. The molecule has 0 spiro atoms. The van der Waals surface area contributed by atoms with Crippen LogP contribution in [0.5, 0.6) is 0 Å². The number of nitrogens with one attached hydrogen (secondary N) is 2. The minimum absolute atomic E-state index is 0.0422. The fraction of sp³-hybridized carbons (Fsp3) is 0.619. The third-order valence-corrected chi connectivity index (χ3v) is 6.39. The molecule has 1 aromatic rings. The Kier molecular flexibility index (Phi) is 7.16. The van der Waals surface area contributed by atoms with Crippen LogP contribution in [0.4, 0.5) is 5.69 Å². The third-order valence-electron chi connectivity index (χ3n) is 5.78. The summed E-state index contributed by atoms with van der Waals surface area (Å²) in [6.45, 7) is 1.75. The summed E-state index contributed by atoms with van der Waals surface area (Å²) >= 11 is 0. The van der Waals surface area contributed by atoms with Crippen molar-refractivity contribution in [2.75, 3.05) is 30.6 Å². The van der Waals surface area contributed by atoms with Crippen LogP contribution >= 0.6 is 0 Å². The Morgan fingerprint density at radius 1 is 1.10 bits per heavy atom. The highest BCUT2D eigenvalue weighted by atomic mass is 32.2. The molecule has 1 saturated carbocycles. The average Bonchev–Trinajstić information content (AvgIpc) is 2.71. The number of rotatable bonds is 6. The summed E-state index contributed by atoms with van der Waals surface area (Å²) in [7, 11) is -3.41. The van der Waals surface area contributed by atoms with E-state index in [1.165, 1.54) is 38.2 Å². The van der Waals surface area contributed by atoms with Gasteiger partial charge >= 0.3 is 0 Å². The maximum absolute atomic E-state index is 12.9. The van der Waals surface area contributed by atoms with E-state index in [2.05, 4.69) is 10.0 Å². The zero-order valence-corrected chi connectivity index (χ0v) is 17.8. The van der Waals surface area contributed by atoms with Crippen LogP contribution < -0.4 is 10.0 Å². The molecule has 3 rings (SSSR count). The quantitative estimate of drug-likeness (QED) is 0.738. The smallest absolute Gasteiger partial charge is 0.253 e. The summed E-state index contributed by atoms with van der Waals surface area (Å²) in [5.74, 6) is 0.264. The predicted octanol–water partition coefficient (Wildman–Crippen LogP) is 2.61. The molecule has 2 fully saturated rings. The van der Waals surface area contributed by atoms with E-state index in [1.807, 2.05) is 0 Å². The van der Waals surface area contributed by atoms with Crippen LogP contribution in [0.1, 0.15) is 55.3 Å². The van der Waals surface area contributed by atoms with Crippen molar-refractivity contribution in [1.82, 2.24) is 10.2 Å². The van der Waals surface area contributed by atoms with Gasteiger partial charge in [-0.05, 0) is 49.8 Å². The minimum atomic E-state index is -3.41. The molecule has 0 aromatic heterocycles. The monoisotopic (exact) mass is 421 g/mol. The Morgan fingerprint density at radius 2 is 1.86 bits per heavy atom. The Morgan fingerprint density at radius 3 is 2.59 bits per heavy atom. The van der Waals surface area contributed by atoms with Gasteiger partial charge in [-0.1, -0.05) is 25.3 Å². The first kappa shape index (κ1) is 21.6. The summed E-state index contributed by atoms with van der Waals surface area (Å²) in [6.07, 6.45) is 8.82. The first-order valence-electron chi connectivity index (χ1n) is 10.5. The maximum atomic E-state index is 12.9. The minimum Gasteiger partial charge on any atom is -0.356 e. The summed E-state index contributed by atoms with van der Waals surface area (Å²) in [5.41, 5.74) is 0.777. The molecule has 1 aliphatic heterocycles. The van der Waals surface area contributed by atoms with Gasteiger partial charge in [0.1, 0.15) is 0 Å². The van der Waals surface area contributed by atoms with E-state index in [9.17, 15) is 18.0 Å². The van der Waals surface area contributed by atoms with Crippen molar-refractivity contribution in [3.8, 4) is 0 Å². The van der Waals surface area contributed by atoms with Gasteiger partial charge in [0.25, 0.3) is 5.91 Å². The lowest BCUT2D eigenvalue weighted by atomic mass is 9.89. The lowest BCUT2D eigenvalue weighted by Crippen LogP contribution is -2.46. The number of sulfonamides is 1.